The standard InChI is InChI=1S/C17H22N4O3S/c22-15-11-14(18-17-21(15)7-10-25-17)12-19-3-1-13(2-4-19)16(23)20-5-8-24-9-6-20/h7,10-11,13H,1-6,8-9,12H2. The maximum Gasteiger partial charge on any atom is 0.258 e. The second kappa shape index (κ2) is 7.23. The van der Waals surface area contributed by atoms with Gasteiger partial charge in [-0.05, 0) is 25.9 Å². The number of rotatable bonds is 3. The van der Waals surface area contributed by atoms with Crippen molar-refractivity contribution in [2.75, 3.05) is 39.4 Å². The molecule has 0 N–H and O–H groups in total. The SMILES string of the molecule is O=C(C1CCN(Cc2cc(=O)n3ccsc3n2)CC1)N1CCOCC1. The highest BCUT2D eigenvalue weighted by Gasteiger charge is 2.29. The van der Waals surface area contributed by atoms with E-state index in [2.05, 4.69) is 9.88 Å². The van der Waals surface area contributed by atoms with E-state index < -0.39 is 0 Å². The van der Waals surface area contributed by atoms with Crippen LogP contribution in [0.15, 0.2) is 22.4 Å². The summed E-state index contributed by atoms with van der Waals surface area (Å²) in [5.74, 6) is 0.395. The number of carbonyl (C=O) groups is 1. The fourth-order valence-corrected chi connectivity index (χ4v) is 4.32. The molecule has 0 spiro atoms. The molecule has 2 aliphatic rings. The number of hydrogen-bond donors (Lipinski definition) is 0. The lowest BCUT2D eigenvalue weighted by molar-refractivity contribution is -0.141. The summed E-state index contributed by atoms with van der Waals surface area (Å²) in [6.07, 6.45) is 3.49. The minimum atomic E-state index is -0.0290. The third-order valence-electron chi connectivity index (χ3n) is 5.00. The molecule has 0 aliphatic carbocycles. The summed E-state index contributed by atoms with van der Waals surface area (Å²) in [5.41, 5.74) is 0.782. The molecule has 25 heavy (non-hydrogen) atoms. The molecule has 4 heterocycles. The second-order valence-electron chi connectivity index (χ2n) is 6.63. The van der Waals surface area contributed by atoms with E-state index >= 15 is 0 Å². The average Bonchev–Trinajstić information content (AvgIpc) is 3.12. The van der Waals surface area contributed by atoms with Crippen molar-refractivity contribution >= 4 is 22.2 Å². The molecule has 0 unspecified atom stereocenters. The van der Waals surface area contributed by atoms with Crippen molar-refractivity contribution < 1.29 is 9.53 Å². The molecule has 1 amide bonds. The lowest BCUT2D eigenvalue weighted by Crippen LogP contribution is -2.46. The number of amides is 1. The van der Waals surface area contributed by atoms with Crippen molar-refractivity contribution in [1.29, 1.82) is 0 Å². The van der Waals surface area contributed by atoms with Crippen molar-refractivity contribution in [2.24, 2.45) is 5.92 Å². The monoisotopic (exact) mass is 362 g/mol. The Hall–Kier alpha value is -1.77. The van der Waals surface area contributed by atoms with Crippen LogP contribution in [0.25, 0.3) is 4.96 Å². The average molecular weight is 362 g/mol. The van der Waals surface area contributed by atoms with E-state index in [9.17, 15) is 9.59 Å². The van der Waals surface area contributed by atoms with E-state index in [1.165, 1.54) is 11.3 Å². The Balaban J connectivity index is 1.35. The van der Waals surface area contributed by atoms with E-state index in [-0.39, 0.29) is 17.4 Å². The first-order chi connectivity index (χ1) is 12.2. The molecule has 2 aromatic rings. The van der Waals surface area contributed by atoms with Crippen molar-refractivity contribution in [3.63, 3.8) is 0 Å². The molecule has 4 rings (SSSR count). The molecule has 0 aromatic carbocycles. The zero-order valence-corrected chi connectivity index (χ0v) is 14.9. The molecule has 134 valence electrons. The molecule has 0 bridgehead atoms. The van der Waals surface area contributed by atoms with Crippen LogP contribution >= 0.6 is 11.3 Å². The van der Waals surface area contributed by atoms with E-state index in [0.717, 1.165) is 36.6 Å². The highest BCUT2D eigenvalue weighted by molar-refractivity contribution is 7.15. The van der Waals surface area contributed by atoms with Crippen LogP contribution in [0, 0.1) is 5.92 Å². The summed E-state index contributed by atoms with van der Waals surface area (Å²) in [6.45, 7) is 5.13. The Morgan fingerprint density at radius 2 is 2.00 bits per heavy atom. The molecule has 8 heteroatoms. The molecule has 0 radical (unpaired) electrons. The molecule has 7 nitrogen and oxygen atoms in total. The topological polar surface area (TPSA) is 67.2 Å². The first-order valence-corrected chi connectivity index (χ1v) is 9.63. The van der Waals surface area contributed by atoms with Gasteiger partial charge in [-0.3, -0.25) is 18.9 Å². The summed E-state index contributed by atoms with van der Waals surface area (Å²) in [4.78, 5) is 34.2. The van der Waals surface area contributed by atoms with Gasteiger partial charge < -0.3 is 9.64 Å². The van der Waals surface area contributed by atoms with Crippen LogP contribution in [0.2, 0.25) is 0 Å². The van der Waals surface area contributed by atoms with Crippen LogP contribution in [0.4, 0.5) is 0 Å². The molecule has 2 saturated heterocycles. The van der Waals surface area contributed by atoms with Gasteiger partial charge in [-0.25, -0.2) is 4.98 Å². The van der Waals surface area contributed by atoms with Gasteiger partial charge in [0.05, 0.1) is 18.9 Å². The van der Waals surface area contributed by atoms with Gasteiger partial charge >= 0.3 is 0 Å². The van der Waals surface area contributed by atoms with Crippen LogP contribution in [-0.2, 0) is 16.1 Å². The Morgan fingerprint density at radius 1 is 1.24 bits per heavy atom. The summed E-state index contributed by atoms with van der Waals surface area (Å²) < 4.78 is 6.89. The summed E-state index contributed by atoms with van der Waals surface area (Å²) >= 11 is 1.47. The predicted octanol–water partition coefficient (Wildman–Crippen LogP) is 0.827. The molecule has 2 fully saturated rings. The maximum absolute atomic E-state index is 12.6. The number of nitrogens with zero attached hydrogens (tertiary/aromatic N) is 4. The second-order valence-corrected chi connectivity index (χ2v) is 7.50. The Bertz CT molecular complexity index is 804. The highest BCUT2D eigenvalue weighted by atomic mass is 32.1. The third kappa shape index (κ3) is 3.61. The van der Waals surface area contributed by atoms with Crippen molar-refractivity contribution in [1.82, 2.24) is 19.2 Å². The number of hydrogen-bond acceptors (Lipinski definition) is 6. The first-order valence-electron chi connectivity index (χ1n) is 8.75. The van der Waals surface area contributed by atoms with Gasteiger partial charge in [0.1, 0.15) is 0 Å². The van der Waals surface area contributed by atoms with Crippen LogP contribution < -0.4 is 5.56 Å². The zero-order chi connectivity index (χ0) is 17.2. The zero-order valence-electron chi connectivity index (χ0n) is 14.1. The minimum absolute atomic E-state index is 0.0290. The predicted molar refractivity (Wildman–Crippen MR) is 94.7 cm³/mol. The lowest BCUT2D eigenvalue weighted by Gasteiger charge is -2.35. The van der Waals surface area contributed by atoms with Crippen molar-refractivity contribution in [3.05, 3.63) is 33.7 Å². The Labute approximate surface area is 149 Å². The quantitative estimate of drug-likeness (QED) is 0.809. The van der Waals surface area contributed by atoms with Gasteiger partial charge in [0.2, 0.25) is 5.91 Å². The molecule has 2 aliphatic heterocycles. The van der Waals surface area contributed by atoms with E-state index in [4.69, 9.17) is 4.74 Å². The van der Waals surface area contributed by atoms with Crippen LogP contribution in [-0.4, -0.2) is 64.5 Å². The fourth-order valence-electron chi connectivity index (χ4n) is 3.58. The Morgan fingerprint density at radius 3 is 2.76 bits per heavy atom. The molecular formula is C17H22N4O3S. The molecule has 2 aromatic heterocycles. The number of fused-ring (bicyclic) bond motifs is 1. The van der Waals surface area contributed by atoms with Gasteiger partial charge in [-0.1, -0.05) is 0 Å². The van der Waals surface area contributed by atoms with Crippen molar-refractivity contribution in [2.45, 2.75) is 19.4 Å². The minimum Gasteiger partial charge on any atom is -0.378 e. The number of carbonyl (C=O) groups excluding carboxylic acids is 1. The number of morpholine rings is 1. The largest absolute Gasteiger partial charge is 0.378 e. The maximum atomic E-state index is 12.6. The smallest absolute Gasteiger partial charge is 0.258 e. The summed E-state index contributed by atoms with van der Waals surface area (Å²) in [5, 5.41) is 1.87. The van der Waals surface area contributed by atoms with E-state index in [0.29, 0.717) is 32.8 Å². The number of ether oxygens (including phenoxy) is 1. The van der Waals surface area contributed by atoms with E-state index in [1.807, 2.05) is 10.3 Å². The van der Waals surface area contributed by atoms with Crippen molar-refractivity contribution in [3.8, 4) is 0 Å². The van der Waals surface area contributed by atoms with E-state index in [1.54, 1.807) is 16.7 Å². The summed E-state index contributed by atoms with van der Waals surface area (Å²) in [7, 11) is 0. The number of thiazole rings is 1. The van der Waals surface area contributed by atoms with Crippen LogP contribution in [0.5, 0.6) is 0 Å². The number of piperidine rings is 1. The van der Waals surface area contributed by atoms with Gasteiger partial charge in [-0.15, -0.1) is 11.3 Å². The van der Waals surface area contributed by atoms with Crippen LogP contribution in [0.1, 0.15) is 18.5 Å². The van der Waals surface area contributed by atoms with Crippen LogP contribution in [0.3, 0.4) is 0 Å². The summed E-state index contributed by atoms with van der Waals surface area (Å²) in [6, 6.07) is 1.62. The van der Waals surface area contributed by atoms with Gasteiger partial charge in [0.15, 0.2) is 4.96 Å². The Kier molecular flexibility index (Phi) is 4.82. The van der Waals surface area contributed by atoms with Gasteiger partial charge in [0, 0.05) is 43.2 Å². The molecular weight excluding hydrogens is 340 g/mol. The molecule has 0 saturated carbocycles. The lowest BCUT2D eigenvalue weighted by atomic mass is 9.95. The number of aromatic nitrogens is 2. The molecule has 0 atom stereocenters. The third-order valence-corrected chi connectivity index (χ3v) is 5.76. The van der Waals surface area contributed by atoms with Gasteiger partial charge in [-0.2, -0.15) is 0 Å². The normalized spacial score (nSPS) is 20.2. The fraction of sp³-hybridized carbons (Fsp3) is 0.588. The van der Waals surface area contributed by atoms with Gasteiger partial charge in [0.25, 0.3) is 5.56 Å². The number of likely N-dealkylation sites (tertiary alicyclic amines) is 1. The highest BCUT2D eigenvalue weighted by Crippen LogP contribution is 2.21. The first kappa shape index (κ1) is 16.7.